The second-order valence-electron chi connectivity index (χ2n) is 4.26. The zero-order valence-electron chi connectivity index (χ0n) is 10.00. The third kappa shape index (κ3) is 3.32. The summed E-state index contributed by atoms with van der Waals surface area (Å²) < 4.78 is 37.1. The van der Waals surface area contributed by atoms with Gasteiger partial charge in [0, 0.05) is 19.1 Å². The van der Waals surface area contributed by atoms with E-state index in [-0.39, 0.29) is 11.2 Å². The van der Waals surface area contributed by atoms with Crippen molar-refractivity contribution in [1.82, 2.24) is 15.1 Å². The highest BCUT2D eigenvalue weighted by atomic mass is 32.1. The van der Waals surface area contributed by atoms with Crippen LogP contribution in [0, 0.1) is 0 Å². The molecule has 1 aliphatic rings. The van der Waals surface area contributed by atoms with Crippen molar-refractivity contribution in [3.63, 3.8) is 0 Å². The van der Waals surface area contributed by atoms with Gasteiger partial charge in [0.2, 0.25) is 10.1 Å². The standard InChI is InChI=1S/C10H15F3N4S/c1-2-17-5-3-7(4-6-17)14-9-16-15-8(18-9)10(11,12)13/h7H,2-6H2,1H3,(H,14,16). The normalized spacial score (nSPS) is 19.1. The van der Waals surface area contributed by atoms with Crippen molar-refractivity contribution in [2.75, 3.05) is 25.0 Å². The van der Waals surface area contributed by atoms with Gasteiger partial charge in [0.05, 0.1) is 0 Å². The fourth-order valence-electron chi connectivity index (χ4n) is 1.96. The van der Waals surface area contributed by atoms with Gasteiger partial charge in [0.25, 0.3) is 0 Å². The maximum absolute atomic E-state index is 12.4. The van der Waals surface area contributed by atoms with Crippen molar-refractivity contribution in [1.29, 1.82) is 0 Å². The van der Waals surface area contributed by atoms with E-state index in [2.05, 4.69) is 27.3 Å². The van der Waals surface area contributed by atoms with Crippen molar-refractivity contribution in [2.45, 2.75) is 32.0 Å². The number of nitrogens with zero attached hydrogens (tertiary/aromatic N) is 3. The van der Waals surface area contributed by atoms with E-state index in [1.807, 2.05) is 0 Å². The summed E-state index contributed by atoms with van der Waals surface area (Å²) in [5.74, 6) is 0. The average molecular weight is 280 g/mol. The highest BCUT2D eigenvalue weighted by Crippen LogP contribution is 2.33. The predicted molar refractivity (Wildman–Crippen MR) is 63.7 cm³/mol. The van der Waals surface area contributed by atoms with Crippen LogP contribution in [0.4, 0.5) is 18.3 Å². The minimum Gasteiger partial charge on any atom is -0.357 e. The number of nitrogens with one attached hydrogen (secondary N) is 1. The van der Waals surface area contributed by atoms with Crippen molar-refractivity contribution in [2.24, 2.45) is 0 Å². The summed E-state index contributed by atoms with van der Waals surface area (Å²) in [5, 5.41) is 9.10. The molecule has 0 bridgehead atoms. The first-order valence-electron chi connectivity index (χ1n) is 5.88. The van der Waals surface area contributed by atoms with Crippen LogP contribution in [0.1, 0.15) is 24.8 Å². The Kier molecular flexibility index (Phi) is 4.06. The van der Waals surface area contributed by atoms with Crippen molar-refractivity contribution < 1.29 is 13.2 Å². The molecular formula is C10H15F3N4S. The first kappa shape index (κ1) is 13.5. The minimum absolute atomic E-state index is 0.196. The topological polar surface area (TPSA) is 41.0 Å². The Balaban J connectivity index is 1.89. The Hall–Kier alpha value is -0.890. The Labute approximate surface area is 107 Å². The molecule has 0 aliphatic carbocycles. The van der Waals surface area contributed by atoms with Gasteiger partial charge in [-0.2, -0.15) is 13.2 Å². The number of aromatic nitrogens is 2. The van der Waals surface area contributed by atoms with E-state index in [1.165, 1.54) is 0 Å². The van der Waals surface area contributed by atoms with Gasteiger partial charge in [0.15, 0.2) is 0 Å². The van der Waals surface area contributed by atoms with E-state index in [0.29, 0.717) is 11.3 Å². The molecule has 2 heterocycles. The molecule has 0 spiro atoms. The highest BCUT2D eigenvalue weighted by Gasteiger charge is 2.35. The lowest BCUT2D eigenvalue weighted by Crippen LogP contribution is -2.38. The van der Waals surface area contributed by atoms with E-state index < -0.39 is 11.2 Å². The van der Waals surface area contributed by atoms with Gasteiger partial charge in [-0.15, -0.1) is 10.2 Å². The quantitative estimate of drug-likeness (QED) is 0.923. The fraction of sp³-hybridized carbons (Fsp3) is 0.800. The smallest absolute Gasteiger partial charge is 0.357 e. The van der Waals surface area contributed by atoms with Crippen molar-refractivity contribution >= 4 is 16.5 Å². The van der Waals surface area contributed by atoms with Gasteiger partial charge in [-0.25, -0.2) is 0 Å². The van der Waals surface area contributed by atoms with Gasteiger partial charge in [-0.3, -0.25) is 0 Å². The number of halogens is 3. The van der Waals surface area contributed by atoms with E-state index in [0.717, 1.165) is 32.5 Å². The average Bonchev–Trinajstić information content (AvgIpc) is 2.78. The summed E-state index contributed by atoms with van der Waals surface area (Å²) in [4.78, 5) is 2.32. The lowest BCUT2D eigenvalue weighted by Gasteiger charge is -2.31. The Bertz CT molecular complexity index is 385. The van der Waals surface area contributed by atoms with E-state index in [1.54, 1.807) is 0 Å². The van der Waals surface area contributed by atoms with E-state index in [9.17, 15) is 13.2 Å². The Morgan fingerprint density at radius 2 is 2.00 bits per heavy atom. The zero-order valence-corrected chi connectivity index (χ0v) is 10.8. The van der Waals surface area contributed by atoms with Crippen LogP contribution in [0.25, 0.3) is 0 Å². The van der Waals surface area contributed by atoms with Gasteiger partial charge >= 0.3 is 6.18 Å². The SMILES string of the molecule is CCN1CCC(Nc2nnc(C(F)(F)F)s2)CC1. The summed E-state index contributed by atoms with van der Waals surface area (Å²) in [7, 11) is 0. The number of likely N-dealkylation sites (tertiary alicyclic amines) is 1. The molecule has 18 heavy (non-hydrogen) atoms. The molecule has 1 N–H and O–H groups in total. The molecule has 0 atom stereocenters. The molecule has 0 radical (unpaired) electrons. The molecule has 0 amide bonds. The van der Waals surface area contributed by atoms with Crippen LogP contribution in [-0.2, 0) is 6.18 Å². The molecular weight excluding hydrogens is 265 g/mol. The molecule has 0 saturated carbocycles. The van der Waals surface area contributed by atoms with Gasteiger partial charge in [-0.1, -0.05) is 18.3 Å². The molecule has 1 fully saturated rings. The molecule has 102 valence electrons. The molecule has 4 nitrogen and oxygen atoms in total. The molecule has 1 saturated heterocycles. The van der Waals surface area contributed by atoms with Gasteiger partial charge in [-0.05, 0) is 19.4 Å². The zero-order chi connectivity index (χ0) is 13.2. The molecule has 0 unspecified atom stereocenters. The van der Waals surface area contributed by atoms with Crippen molar-refractivity contribution in [3.8, 4) is 0 Å². The minimum atomic E-state index is -4.40. The molecule has 8 heteroatoms. The summed E-state index contributed by atoms with van der Waals surface area (Å²) in [6.07, 6.45) is -2.55. The number of piperidine rings is 1. The molecule has 2 rings (SSSR count). The fourth-order valence-corrected chi connectivity index (χ4v) is 2.65. The predicted octanol–water partition coefficient (Wildman–Crippen LogP) is 2.45. The van der Waals surface area contributed by atoms with Crippen molar-refractivity contribution in [3.05, 3.63) is 5.01 Å². The number of anilines is 1. The number of hydrogen-bond acceptors (Lipinski definition) is 5. The largest absolute Gasteiger partial charge is 0.445 e. The third-order valence-electron chi connectivity index (χ3n) is 3.03. The summed E-state index contributed by atoms with van der Waals surface area (Å²) in [6, 6.07) is 0.196. The van der Waals surface area contributed by atoms with Crippen LogP contribution < -0.4 is 5.32 Å². The van der Waals surface area contributed by atoms with Crippen LogP contribution in [0.15, 0.2) is 0 Å². The highest BCUT2D eigenvalue weighted by molar-refractivity contribution is 7.15. The van der Waals surface area contributed by atoms with E-state index >= 15 is 0 Å². The van der Waals surface area contributed by atoms with Crippen LogP contribution in [0.5, 0.6) is 0 Å². The Morgan fingerprint density at radius 1 is 1.33 bits per heavy atom. The van der Waals surface area contributed by atoms with Gasteiger partial charge in [0.1, 0.15) is 0 Å². The first-order valence-corrected chi connectivity index (χ1v) is 6.70. The lowest BCUT2D eigenvalue weighted by atomic mass is 10.1. The number of hydrogen-bond donors (Lipinski definition) is 1. The molecule has 1 aromatic rings. The lowest BCUT2D eigenvalue weighted by molar-refractivity contribution is -0.138. The third-order valence-corrected chi connectivity index (χ3v) is 3.93. The van der Waals surface area contributed by atoms with Crippen LogP contribution in [0.3, 0.4) is 0 Å². The second kappa shape index (κ2) is 5.40. The monoisotopic (exact) mass is 280 g/mol. The second-order valence-corrected chi connectivity index (χ2v) is 5.24. The summed E-state index contributed by atoms with van der Waals surface area (Å²) in [5.41, 5.74) is 0. The number of alkyl halides is 3. The molecule has 1 aliphatic heterocycles. The van der Waals surface area contributed by atoms with Crippen LogP contribution in [-0.4, -0.2) is 40.8 Å². The first-order chi connectivity index (χ1) is 8.49. The summed E-state index contributed by atoms with van der Waals surface area (Å²) in [6.45, 7) is 5.07. The van der Waals surface area contributed by atoms with Crippen LogP contribution in [0.2, 0.25) is 0 Å². The van der Waals surface area contributed by atoms with E-state index in [4.69, 9.17) is 0 Å². The molecule has 1 aromatic heterocycles. The maximum atomic E-state index is 12.4. The summed E-state index contributed by atoms with van der Waals surface area (Å²) >= 11 is 0.568. The maximum Gasteiger partial charge on any atom is 0.445 e. The van der Waals surface area contributed by atoms with Gasteiger partial charge < -0.3 is 10.2 Å². The molecule has 0 aromatic carbocycles. The Morgan fingerprint density at radius 3 is 2.50 bits per heavy atom. The van der Waals surface area contributed by atoms with Crippen LogP contribution >= 0.6 is 11.3 Å². The number of rotatable bonds is 3.